The molecule has 7 nitrogen and oxygen atoms in total. The first-order valence-corrected chi connectivity index (χ1v) is 13.7. The quantitative estimate of drug-likeness (QED) is 0.432. The minimum atomic E-state index is -4.35. The number of anilines is 2. The van der Waals surface area contributed by atoms with Gasteiger partial charge in [0.15, 0.2) is 0 Å². The third-order valence-electron chi connectivity index (χ3n) is 5.68. The number of thiazole rings is 1. The summed E-state index contributed by atoms with van der Waals surface area (Å²) in [6.07, 6.45) is 4.15. The van der Waals surface area contributed by atoms with Crippen LogP contribution in [0.3, 0.4) is 0 Å². The van der Waals surface area contributed by atoms with Crippen LogP contribution in [0.4, 0.5) is 15.2 Å². The van der Waals surface area contributed by atoms with Crippen LogP contribution in [-0.2, 0) is 14.8 Å². The third-order valence-corrected chi connectivity index (χ3v) is 9.31. The van der Waals surface area contributed by atoms with Crippen molar-refractivity contribution < 1.29 is 17.5 Å². The number of ether oxygens (including phenoxy) is 1. The van der Waals surface area contributed by atoms with Crippen LogP contribution in [0.5, 0.6) is 0 Å². The Morgan fingerprint density at radius 2 is 1.97 bits per heavy atom. The zero-order valence-corrected chi connectivity index (χ0v) is 22.2. The first-order chi connectivity index (χ1) is 15.6. The molecule has 184 valence electrons. The van der Waals surface area contributed by atoms with E-state index in [2.05, 4.69) is 15.2 Å². The van der Waals surface area contributed by atoms with Crippen LogP contribution < -0.4 is 9.62 Å². The summed E-state index contributed by atoms with van der Waals surface area (Å²) in [6, 6.07) is 2.65. The Balaban J connectivity index is 1.95. The molecule has 1 aliphatic carbocycles. The first-order valence-electron chi connectivity index (χ1n) is 10.7. The molecule has 0 spiro atoms. The summed E-state index contributed by atoms with van der Waals surface area (Å²) >= 11 is 13.5. The van der Waals surface area contributed by atoms with E-state index < -0.39 is 20.7 Å². The molecule has 3 rings (SSSR count). The van der Waals surface area contributed by atoms with E-state index in [1.807, 2.05) is 14.1 Å². The van der Waals surface area contributed by atoms with Gasteiger partial charge in [0.1, 0.15) is 21.8 Å². The maximum absolute atomic E-state index is 15.2. The van der Waals surface area contributed by atoms with E-state index in [1.54, 1.807) is 13.8 Å². The van der Waals surface area contributed by atoms with Gasteiger partial charge in [0.25, 0.3) is 10.0 Å². The van der Waals surface area contributed by atoms with Gasteiger partial charge in [0.05, 0.1) is 16.4 Å². The molecule has 1 unspecified atom stereocenters. The average Bonchev–Trinajstić information content (AvgIpc) is 3.08. The van der Waals surface area contributed by atoms with Crippen molar-refractivity contribution in [1.82, 2.24) is 9.88 Å². The smallest absolute Gasteiger partial charge is 0.271 e. The Labute approximate surface area is 208 Å². The van der Waals surface area contributed by atoms with Crippen molar-refractivity contribution in [3.63, 3.8) is 0 Å². The van der Waals surface area contributed by atoms with Crippen molar-refractivity contribution in [2.75, 3.05) is 37.1 Å². The molecule has 1 aromatic heterocycles. The van der Waals surface area contributed by atoms with Gasteiger partial charge in [0.2, 0.25) is 5.13 Å². The van der Waals surface area contributed by atoms with Crippen molar-refractivity contribution in [3.8, 4) is 0 Å². The second kappa shape index (κ2) is 11.0. The topological polar surface area (TPSA) is 74.8 Å². The van der Waals surface area contributed by atoms with Gasteiger partial charge < -0.3 is 15.0 Å². The van der Waals surface area contributed by atoms with E-state index in [9.17, 15) is 8.42 Å². The van der Waals surface area contributed by atoms with Gasteiger partial charge >= 0.3 is 0 Å². The Kier molecular flexibility index (Phi) is 8.85. The lowest BCUT2D eigenvalue weighted by Gasteiger charge is -2.37. The van der Waals surface area contributed by atoms with Gasteiger partial charge in [-0.15, -0.1) is 0 Å². The number of rotatable bonds is 9. The first kappa shape index (κ1) is 26.4. The highest BCUT2D eigenvalue weighted by molar-refractivity contribution is 7.93. The molecule has 2 atom stereocenters. The number of hydrogen-bond donors (Lipinski definition) is 1. The van der Waals surface area contributed by atoms with E-state index in [4.69, 9.17) is 27.9 Å². The molecular formula is C21H29Cl2FN4O3S2. The van der Waals surface area contributed by atoms with Gasteiger partial charge in [-0.3, -0.25) is 0 Å². The Morgan fingerprint density at radius 3 is 2.58 bits per heavy atom. The van der Waals surface area contributed by atoms with E-state index in [0.29, 0.717) is 15.7 Å². The fourth-order valence-corrected chi connectivity index (χ4v) is 6.82. The second-order valence-corrected chi connectivity index (χ2v) is 12.0. The lowest BCUT2D eigenvalue weighted by molar-refractivity contribution is 0.157. The lowest BCUT2D eigenvalue weighted by Crippen LogP contribution is -2.45. The number of benzene rings is 1. The summed E-state index contributed by atoms with van der Waals surface area (Å²) in [7, 11) is -0.323. The van der Waals surface area contributed by atoms with Crippen LogP contribution in [0.1, 0.15) is 38.3 Å². The molecule has 0 aliphatic heterocycles. The summed E-state index contributed by atoms with van der Waals surface area (Å²) in [5, 5.41) is 3.56. The largest absolute Gasteiger partial charge is 0.379 e. The van der Waals surface area contributed by atoms with E-state index in [-0.39, 0.29) is 35.6 Å². The Morgan fingerprint density at radius 1 is 1.27 bits per heavy atom. The standard InChI is InChI=1S/C21H29Cl2FN4O3S2/c1-5-31-12-28(21-25-13(2)20(23)32-21)33(29,30)19-10-14(22)17(11-15(19)24)26-16-8-6-7-9-18(16)27(3)4/h10-11,16,18,26H,5-9,12H2,1-4H3/t16?,18-/m0/s1. The van der Waals surface area contributed by atoms with Crippen molar-refractivity contribution in [2.45, 2.75) is 56.5 Å². The van der Waals surface area contributed by atoms with Gasteiger partial charge in [-0.05, 0) is 52.9 Å². The number of nitrogens with zero attached hydrogens (tertiary/aromatic N) is 3. The van der Waals surface area contributed by atoms with Crippen LogP contribution in [-0.4, -0.2) is 57.8 Å². The predicted molar refractivity (Wildman–Crippen MR) is 133 cm³/mol. The molecule has 12 heteroatoms. The van der Waals surface area contributed by atoms with Crippen molar-refractivity contribution in [1.29, 1.82) is 0 Å². The third kappa shape index (κ3) is 5.91. The monoisotopic (exact) mass is 538 g/mol. The lowest BCUT2D eigenvalue weighted by atomic mass is 9.89. The van der Waals surface area contributed by atoms with E-state index >= 15 is 4.39 Å². The van der Waals surface area contributed by atoms with E-state index in [0.717, 1.165) is 53.5 Å². The number of aryl methyl sites for hydroxylation is 1. The molecule has 1 fully saturated rings. The maximum Gasteiger partial charge on any atom is 0.271 e. The van der Waals surface area contributed by atoms with Gasteiger partial charge in [-0.2, -0.15) is 0 Å². The molecule has 1 aliphatic rings. The molecule has 1 aromatic carbocycles. The van der Waals surface area contributed by atoms with Gasteiger partial charge in [-0.1, -0.05) is 47.4 Å². The normalized spacial score (nSPS) is 19.2. The van der Waals surface area contributed by atoms with Gasteiger partial charge in [-0.25, -0.2) is 22.1 Å². The number of sulfonamides is 1. The summed E-state index contributed by atoms with van der Waals surface area (Å²) in [4.78, 5) is 5.81. The highest BCUT2D eigenvalue weighted by Gasteiger charge is 2.33. The molecule has 33 heavy (non-hydrogen) atoms. The maximum atomic E-state index is 15.2. The minimum Gasteiger partial charge on any atom is -0.379 e. The van der Waals surface area contributed by atoms with Crippen LogP contribution in [0.15, 0.2) is 17.0 Å². The minimum absolute atomic E-state index is 0.0861. The molecule has 0 amide bonds. The van der Waals surface area contributed by atoms with Crippen LogP contribution in [0.2, 0.25) is 9.36 Å². The second-order valence-electron chi connectivity index (χ2n) is 8.16. The summed E-state index contributed by atoms with van der Waals surface area (Å²) in [5.74, 6) is -0.903. The zero-order chi connectivity index (χ0) is 24.3. The summed E-state index contributed by atoms with van der Waals surface area (Å²) in [6.45, 7) is 3.34. The SMILES string of the molecule is CCOCN(c1nc(C)c(Cl)s1)S(=O)(=O)c1cc(Cl)c(NC2CCCC[C@@H]2N(C)C)cc1F. The van der Waals surface area contributed by atoms with Crippen LogP contribution >= 0.6 is 34.5 Å². The van der Waals surface area contributed by atoms with Crippen molar-refractivity contribution >= 4 is 55.4 Å². The number of hydrogen-bond acceptors (Lipinski definition) is 7. The zero-order valence-electron chi connectivity index (χ0n) is 19.1. The molecule has 1 N–H and O–H groups in total. The highest BCUT2D eigenvalue weighted by atomic mass is 35.5. The number of halogens is 3. The Bertz CT molecular complexity index is 1060. The highest BCUT2D eigenvalue weighted by Crippen LogP contribution is 2.36. The summed E-state index contributed by atoms with van der Waals surface area (Å²) in [5.41, 5.74) is 0.853. The van der Waals surface area contributed by atoms with Crippen LogP contribution in [0.25, 0.3) is 0 Å². The number of nitrogens with one attached hydrogen (secondary N) is 1. The predicted octanol–water partition coefficient (Wildman–Crippen LogP) is 5.37. The molecule has 0 bridgehead atoms. The van der Waals surface area contributed by atoms with Gasteiger partial charge in [0, 0.05) is 18.7 Å². The molecule has 1 heterocycles. The fourth-order valence-electron chi connectivity index (χ4n) is 3.93. The van der Waals surface area contributed by atoms with E-state index in [1.165, 1.54) is 0 Å². The summed E-state index contributed by atoms with van der Waals surface area (Å²) < 4.78 is 48.6. The Hall–Kier alpha value is -1.17. The molecule has 0 radical (unpaired) electrons. The fraction of sp³-hybridized carbons (Fsp3) is 0.571. The molecule has 0 saturated heterocycles. The molecule has 1 saturated carbocycles. The molecular weight excluding hydrogens is 510 g/mol. The molecule has 2 aromatic rings. The number of aromatic nitrogens is 1. The number of likely N-dealkylation sites (N-methyl/N-ethyl adjacent to an activating group) is 1. The van der Waals surface area contributed by atoms with Crippen LogP contribution in [0, 0.1) is 12.7 Å². The van der Waals surface area contributed by atoms with Crippen molar-refractivity contribution in [2.24, 2.45) is 0 Å². The van der Waals surface area contributed by atoms with Crippen molar-refractivity contribution in [3.05, 3.63) is 33.0 Å². The average molecular weight is 540 g/mol.